The first-order valence-electron chi connectivity index (χ1n) is 3.37. The SMILES string of the molecule is CC=C(CC)CC.O=PO. The molecule has 0 radical (unpaired) electrons. The van der Waals surface area contributed by atoms with Crippen LogP contribution in [0, 0.1) is 0 Å². The summed E-state index contributed by atoms with van der Waals surface area (Å²) in [7, 11) is -0.833. The highest BCUT2D eigenvalue weighted by Gasteiger charge is 1.82. The summed E-state index contributed by atoms with van der Waals surface area (Å²) in [6, 6.07) is 0. The molecular weight excluding hydrogens is 147 g/mol. The molecular formula is C7H15O2P. The van der Waals surface area contributed by atoms with Gasteiger partial charge in [-0.05, 0) is 19.8 Å². The van der Waals surface area contributed by atoms with Crippen molar-refractivity contribution in [1.82, 2.24) is 0 Å². The van der Waals surface area contributed by atoms with Crippen LogP contribution in [-0.2, 0) is 4.57 Å². The average molecular weight is 162 g/mol. The van der Waals surface area contributed by atoms with Gasteiger partial charge in [0.2, 0.25) is 0 Å². The third-order valence-corrected chi connectivity index (χ3v) is 1.32. The van der Waals surface area contributed by atoms with Gasteiger partial charge in [0, 0.05) is 0 Å². The van der Waals surface area contributed by atoms with E-state index in [2.05, 4.69) is 26.8 Å². The topological polar surface area (TPSA) is 37.3 Å². The molecule has 0 aromatic rings. The van der Waals surface area contributed by atoms with Crippen LogP contribution >= 0.6 is 8.69 Å². The fraction of sp³-hybridized carbons (Fsp3) is 0.714. The molecule has 2 nitrogen and oxygen atoms in total. The van der Waals surface area contributed by atoms with Gasteiger partial charge in [-0.1, -0.05) is 25.5 Å². The zero-order chi connectivity index (χ0) is 8.41. The van der Waals surface area contributed by atoms with E-state index in [1.165, 1.54) is 12.8 Å². The number of hydrogen-bond acceptors (Lipinski definition) is 1. The van der Waals surface area contributed by atoms with Crippen molar-refractivity contribution in [3.05, 3.63) is 11.6 Å². The molecule has 3 heteroatoms. The monoisotopic (exact) mass is 162 g/mol. The Morgan fingerprint density at radius 2 is 1.80 bits per heavy atom. The van der Waals surface area contributed by atoms with Gasteiger partial charge in [-0.25, -0.2) is 4.57 Å². The van der Waals surface area contributed by atoms with Crippen molar-refractivity contribution in [2.45, 2.75) is 33.6 Å². The van der Waals surface area contributed by atoms with Crippen LogP contribution in [0.4, 0.5) is 0 Å². The molecule has 1 N–H and O–H groups in total. The highest BCUT2D eigenvalue weighted by molar-refractivity contribution is 7.16. The van der Waals surface area contributed by atoms with Gasteiger partial charge in [0.05, 0.1) is 0 Å². The molecule has 0 saturated carbocycles. The van der Waals surface area contributed by atoms with Gasteiger partial charge >= 0.3 is 8.69 Å². The van der Waals surface area contributed by atoms with Crippen molar-refractivity contribution in [2.75, 3.05) is 0 Å². The molecule has 0 bridgehead atoms. The van der Waals surface area contributed by atoms with Crippen molar-refractivity contribution >= 4 is 8.69 Å². The van der Waals surface area contributed by atoms with E-state index < -0.39 is 8.69 Å². The lowest BCUT2D eigenvalue weighted by molar-refractivity contribution is 0.524. The summed E-state index contributed by atoms with van der Waals surface area (Å²) in [5.74, 6) is 0. The van der Waals surface area contributed by atoms with Gasteiger partial charge in [0.25, 0.3) is 0 Å². The van der Waals surface area contributed by atoms with Gasteiger partial charge in [-0.15, -0.1) is 0 Å². The second-order valence-electron chi connectivity index (χ2n) is 1.74. The summed E-state index contributed by atoms with van der Waals surface area (Å²) in [4.78, 5) is 6.99. The van der Waals surface area contributed by atoms with Gasteiger partial charge < -0.3 is 4.89 Å². The first kappa shape index (κ1) is 12.5. The van der Waals surface area contributed by atoms with E-state index >= 15 is 0 Å². The third-order valence-electron chi connectivity index (χ3n) is 1.32. The van der Waals surface area contributed by atoms with Gasteiger partial charge in [-0.2, -0.15) is 0 Å². The Labute approximate surface area is 64.2 Å². The van der Waals surface area contributed by atoms with E-state index in [0.29, 0.717) is 0 Å². The maximum Gasteiger partial charge on any atom is 0.324 e. The van der Waals surface area contributed by atoms with Gasteiger partial charge in [0.15, 0.2) is 0 Å². The van der Waals surface area contributed by atoms with Crippen molar-refractivity contribution in [1.29, 1.82) is 0 Å². The van der Waals surface area contributed by atoms with Crippen molar-refractivity contribution in [2.24, 2.45) is 0 Å². The third kappa shape index (κ3) is 10.7. The molecule has 60 valence electrons. The van der Waals surface area contributed by atoms with Crippen molar-refractivity contribution in [3.63, 3.8) is 0 Å². The molecule has 0 amide bonds. The number of allylic oxidation sites excluding steroid dienone is 2. The standard InChI is InChI=1S/C7H14.HO2P/c1-4-7(5-2)6-3;1-3-2/h4H,5-6H2,1-3H3;(H,1,2). The highest BCUT2D eigenvalue weighted by Crippen LogP contribution is 2.02. The van der Waals surface area contributed by atoms with E-state index in [1.807, 2.05) is 0 Å². The van der Waals surface area contributed by atoms with E-state index in [9.17, 15) is 0 Å². The molecule has 0 unspecified atom stereocenters. The number of hydrogen-bond donors (Lipinski definition) is 1. The zero-order valence-electron chi connectivity index (χ0n) is 6.79. The molecule has 0 saturated heterocycles. The van der Waals surface area contributed by atoms with E-state index in [-0.39, 0.29) is 0 Å². The summed E-state index contributed by atoms with van der Waals surface area (Å²) in [6.07, 6.45) is 4.62. The molecule has 0 spiro atoms. The largest absolute Gasteiger partial charge is 0.324 e. The lowest BCUT2D eigenvalue weighted by Crippen LogP contribution is -1.72. The molecule has 0 fully saturated rings. The first-order chi connectivity index (χ1) is 4.76. The molecule has 0 aromatic heterocycles. The van der Waals surface area contributed by atoms with Crippen molar-refractivity contribution in [3.8, 4) is 0 Å². The second kappa shape index (κ2) is 11.6. The Hall–Kier alpha value is -0.200. The molecule has 0 aromatic carbocycles. The Kier molecular flexibility index (Phi) is 14.4. The smallest absolute Gasteiger partial charge is 0.310 e. The second-order valence-corrected chi connectivity index (χ2v) is 1.90. The lowest BCUT2D eigenvalue weighted by atomic mass is 10.1. The summed E-state index contributed by atoms with van der Waals surface area (Å²) in [6.45, 7) is 6.49. The molecule has 0 aliphatic carbocycles. The van der Waals surface area contributed by atoms with Crippen LogP contribution in [0.2, 0.25) is 0 Å². The van der Waals surface area contributed by atoms with Crippen LogP contribution in [0.5, 0.6) is 0 Å². The van der Waals surface area contributed by atoms with Gasteiger partial charge in [-0.3, -0.25) is 0 Å². The minimum absolute atomic E-state index is 0.833. The van der Waals surface area contributed by atoms with Gasteiger partial charge in [0.1, 0.15) is 0 Å². The molecule has 0 atom stereocenters. The summed E-state index contributed by atoms with van der Waals surface area (Å²) in [5, 5.41) is 0. The fourth-order valence-electron chi connectivity index (χ4n) is 0.658. The zero-order valence-corrected chi connectivity index (χ0v) is 7.69. The minimum atomic E-state index is -0.833. The quantitative estimate of drug-likeness (QED) is 0.500. The molecule has 10 heavy (non-hydrogen) atoms. The number of rotatable bonds is 2. The predicted octanol–water partition coefficient (Wildman–Crippen LogP) is 2.94. The summed E-state index contributed by atoms with van der Waals surface area (Å²) < 4.78 is 8.46. The minimum Gasteiger partial charge on any atom is -0.310 e. The lowest BCUT2D eigenvalue weighted by Gasteiger charge is -1.93. The molecule has 0 heterocycles. The summed E-state index contributed by atoms with van der Waals surface area (Å²) >= 11 is 0. The van der Waals surface area contributed by atoms with Crippen LogP contribution in [0.15, 0.2) is 11.6 Å². The Bertz CT molecular complexity index is 93.8. The van der Waals surface area contributed by atoms with Crippen LogP contribution in [0.25, 0.3) is 0 Å². The fourth-order valence-corrected chi connectivity index (χ4v) is 0.658. The first-order valence-corrected chi connectivity index (χ1v) is 4.14. The van der Waals surface area contributed by atoms with Crippen LogP contribution in [-0.4, -0.2) is 4.89 Å². The predicted molar refractivity (Wildman–Crippen MR) is 44.2 cm³/mol. The summed E-state index contributed by atoms with van der Waals surface area (Å²) in [5.41, 5.74) is 1.56. The Morgan fingerprint density at radius 3 is 1.80 bits per heavy atom. The molecule has 0 aliphatic heterocycles. The maximum absolute atomic E-state index is 8.46. The van der Waals surface area contributed by atoms with E-state index in [0.717, 1.165) is 0 Å². The average Bonchev–Trinajstić information content (AvgIpc) is 1.93. The van der Waals surface area contributed by atoms with Crippen LogP contribution in [0.1, 0.15) is 33.6 Å². The Morgan fingerprint density at radius 1 is 1.50 bits per heavy atom. The van der Waals surface area contributed by atoms with Crippen LogP contribution < -0.4 is 0 Å². The van der Waals surface area contributed by atoms with Crippen LogP contribution in [0.3, 0.4) is 0 Å². The van der Waals surface area contributed by atoms with Crippen molar-refractivity contribution < 1.29 is 9.46 Å². The Balaban J connectivity index is 0. The maximum atomic E-state index is 8.46. The molecule has 0 rings (SSSR count). The molecule has 0 aliphatic rings. The van der Waals surface area contributed by atoms with E-state index in [1.54, 1.807) is 5.57 Å². The normalized spacial score (nSPS) is 8.00. The van der Waals surface area contributed by atoms with E-state index in [4.69, 9.17) is 9.46 Å². The highest BCUT2D eigenvalue weighted by atomic mass is 31.1.